The number of rotatable bonds is 5. The predicted molar refractivity (Wildman–Crippen MR) is 137 cm³/mol. The quantitative estimate of drug-likeness (QED) is 0.455. The summed E-state index contributed by atoms with van der Waals surface area (Å²) in [7, 11) is 3.68. The molecule has 1 saturated carbocycles. The van der Waals surface area contributed by atoms with E-state index in [9.17, 15) is 4.79 Å². The number of benzene rings is 1. The van der Waals surface area contributed by atoms with Crippen molar-refractivity contribution in [3.63, 3.8) is 0 Å². The predicted octanol–water partition coefficient (Wildman–Crippen LogP) is 4.63. The molecule has 2 fully saturated rings. The van der Waals surface area contributed by atoms with Gasteiger partial charge in [-0.3, -0.25) is 4.79 Å². The van der Waals surface area contributed by atoms with Gasteiger partial charge in [-0.15, -0.1) is 11.3 Å². The third kappa shape index (κ3) is 3.51. The van der Waals surface area contributed by atoms with Gasteiger partial charge in [-0.05, 0) is 68.2 Å². The molecule has 4 heterocycles. The number of nitrogens with zero attached hydrogens (tertiary/aromatic N) is 4. The van der Waals surface area contributed by atoms with Crippen LogP contribution in [0.25, 0.3) is 32.8 Å². The number of amides is 1. The Morgan fingerprint density at radius 3 is 2.82 bits per heavy atom. The van der Waals surface area contributed by atoms with Gasteiger partial charge in [-0.1, -0.05) is 0 Å². The zero-order chi connectivity index (χ0) is 23.6. The third-order valence-electron chi connectivity index (χ3n) is 7.45. The minimum atomic E-state index is -0.00678. The summed E-state index contributed by atoms with van der Waals surface area (Å²) in [5, 5.41) is 3.41. The van der Waals surface area contributed by atoms with Gasteiger partial charge < -0.3 is 24.5 Å². The van der Waals surface area contributed by atoms with Crippen molar-refractivity contribution in [2.24, 2.45) is 18.7 Å². The highest BCUT2D eigenvalue weighted by molar-refractivity contribution is 7.16. The van der Waals surface area contributed by atoms with Crippen LogP contribution in [-0.2, 0) is 13.6 Å². The van der Waals surface area contributed by atoms with Gasteiger partial charge in [0, 0.05) is 43.2 Å². The maximum Gasteiger partial charge on any atom is 0.254 e. The molecule has 4 aromatic rings. The average molecular weight is 478 g/mol. The normalized spacial score (nSPS) is 21.0. The Kier molecular flexibility index (Phi) is 5.18. The summed E-state index contributed by atoms with van der Waals surface area (Å²) in [6.07, 6.45) is 4.47. The second-order valence-electron chi connectivity index (χ2n) is 9.95. The molecule has 7 nitrogen and oxygen atoms in total. The summed E-state index contributed by atoms with van der Waals surface area (Å²) < 4.78 is 10.3. The summed E-state index contributed by atoms with van der Waals surface area (Å²) in [5.74, 6) is 2.31. The molecule has 178 valence electrons. The monoisotopic (exact) mass is 477 g/mol. The zero-order valence-electron chi connectivity index (χ0n) is 20.0. The van der Waals surface area contributed by atoms with E-state index in [1.165, 1.54) is 23.1 Å². The van der Waals surface area contributed by atoms with Gasteiger partial charge >= 0.3 is 0 Å². The fourth-order valence-corrected chi connectivity index (χ4v) is 6.21. The Morgan fingerprint density at radius 1 is 1.24 bits per heavy atom. The molecule has 1 aliphatic carbocycles. The summed E-state index contributed by atoms with van der Waals surface area (Å²) in [6, 6.07) is 8.38. The second-order valence-corrected chi connectivity index (χ2v) is 10.8. The average Bonchev–Trinajstić information content (AvgIpc) is 3.28. The lowest BCUT2D eigenvalue weighted by Gasteiger charge is -2.36. The first-order valence-electron chi connectivity index (χ1n) is 12.1. The number of carbonyl (C=O) groups is 1. The van der Waals surface area contributed by atoms with Crippen LogP contribution in [0.2, 0.25) is 0 Å². The van der Waals surface area contributed by atoms with Crippen molar-refractivity contribution in [3.05, 3.63) is 35.2 Å². The van der Waals surface area contributed by atoms with E-state index in [2.05, 4.69) is 33.6 Å². The van der Waals surface area contributed by atoms with Gasteiger partial charge in [0.15, 0.2) is 5.82 Å². The minimum Gasteiger partial charge on any atom is -0.494 e. The van der Waals surface area contributed by atoms with E-state index in [0.717, 1.165) is 47.9 Å². The van der Waals surface area contributed by atoms with Gasteiger partial charge in [-0.25, -0.2) is 4.98 Å². The second kappa shape index (κ2) is 8.13. The Balaban J connectivity index is 1.46. The smallest absolute Gasteiger partial charge is 0.254 e. The first-order valence-corrected chi connectivity index (χ1v) is 13.0. The minimum absolute atomic E-state index is 0.00678. The molecule has 8 heteroatoms. The van der Waals surface area contributed by atoms with Crippen LogP contribution in [0.15, 0.2) is 29.6 Å². The van der Waals surface area contributed by atoms with Crippen LogP contribution in [0.5, 0.6) is 5.75 Å². The topological polar surface area (TPSA) is 78.3 Å². The molecule has 0 radical (unpaired) electrons. The van der Waals surface area contributed by atoms with Crippen molar-refractivity contribution < 1.29 is 9.53 Å². The number of aryl methyl sites for hydroxylation is 1. The largest absolute Gasteiger partial charge is 0.494 e. The standard InChI is InChI=1S/C26H31N5O2S/c1-15-4-7-19(27)14-30(15)25(32)18-10-20-23(22(12-18)33-3)29(2)24(28-20)21-11-17-8-9-34-26(17)31(21)13-16-5-6-16/h8-12,15-16,19H,4-7,13-14,27H2,1-3H3/t15-,19-/m1/s1. The Labute approximate surface area is 203 Å². The van der Waals surface area contributed by atoms with Crippen molar-refractivity contribution in [1.29, 1.82) is 0 Å². The summed E-state index contributed by atoms with van der Waals surface area (Å²) in [6.45, 7) is 3.70. The number of likely N-dealkylation sites (tertiary alicyclic amines) is 1. The molecule has 1 aromatic carbocycles. The van der Waals surface area contributed by atoms with Crippen molar-refractivity contribution in [2.45, 2.75) is 51.2 Å². The number of hydrogen-bond donors (Lipinski definition) is 1. The number of hydrogen-bond acceptors (Lipinski definition) is 5. The summed E-state index contributed by atoms with van der Waals surface area (Å²) >= 11 is 1.78. The first-order chi connectivity index (χ1) is 16.4. The SMILES string of the molecule is COc1cc(C(=O)N2C[C@H](N)CC[C@H]2C)cc2nc(-c3cc4ccsc4n3CC3CC3)n(C)c12. The Morgan fingerprint density at radius 2 is 2.06 bits per heavy atom. The fraction of sp³-hybridized carbons (Fsp3) is 0.462. The molecule has 6 rings (SSSR count). The van der Waals surface area contributed by atoms with E-state index in [4.69, 9.17) is 15.5 Å². The number of ether oxygens (including phenoxy) is 1. The summed E-state index contributed by atoms with van der Waals surface area (Å²) in [4.78, 5) is 21.7. The van der Waals surface area contributed by atoms with E-state index in [0.29, 0.717) is 17.9 Å². The van der Waals surface area contributed by atoms with Crippen LogP contribution in [0.3, 0.4) is 0 Å². The molecule has 0 bridgehead atoms. The molecule has 1 aliphatic heterocycles. The highest BCUT2D eigenvalue weighted by atomic mass is 32.1. The van der Waals surface area contributed by atoms with Gasteiger partial charge in [0.1, 0.15) is 16.1 Å². The van der Waals surface area contributed by atoms with Crippen LogP contribution >= 0.6 is 11.3 Å². The molecule has 2 atom stereocenters. The number of aromatic nitrogens is 3. The van der Waals surface area contributed by atoms with E-state index in [-0.39, 0.29) is 18.0 Å². The van der Waals surface area contributed by atoms with Crippen molar-refractivity contribution in [1.82, 2.24) is 19.0 Å². The maximum absolute atomic E-state index is 13.5. The fourth-order valence-electron chi connectivity index (χ4n) is 5.30. The van der Waals surface area contributed by atoms with E-state index >= 15 is 0 Å². The van der Waals surface area contributed by atoms with Crippen molar-refractivity contribution in [3.8, 4) is 17.3 Å². The number of methoxy groups -OCH3 is 1. The van der Waals surface area contributed by atoms with E-state index in [1.54, 1.807) is 18.4 Å². The van der Waals surface area contributed by atoms with Gasteiger partial charge in [0.05, 0.1) is 18.3 Å². The molecule has 2 aliphatic rings. The highest BCUT2D eigenvalue weighted by Crippen LogP contribution is 2.39. The highest BCUT2D eigenvalue weighted by Gasteiger charge is 2.30. The van der Waals surface area contributed by atoms with Crippen LogP contribution in [0.4, 0.5) is 0 Å². The third-order valence-corrected chi connectivity index (χ3v) is 8.40. The van der Waals surface area contributed by atoms with Crippen LogP contribution in [-0.4, -0.2) is 50.7 Å². The van der Waals surface area contributed by atoms with Crippen molar-refractivity contribution in [2.75, 3.05) is 13.7 Å². The van der Waals surface area contributed by atoms with Gasteiger partial charge in [0.2, 0.25) is 0 Å². The lowest BCUT2D eigenvalue weighted by Crippen LogP contribution is -2.50. The number of nitrogens with two attached hydrogens (primary N) is 1. The molecule has 1 amide bonds. The van der Waals surface area contributed by atoms with Crippen LogP contribution < -0.4 is 10.5 Å². The number of thiophene rings is 1. The number of imidazole rings is 1. The zero-order valence-corrected chi connectivity index (χ0v) is 20.8. The molecule has 3 aromatic heterocycles. The van der Waals surface area contributed by atoms with Gasteiger partial charge in [0.25, 0.3) is 5.91 Å². The number of fused-ring (bicyclic) bond motifs is 2. The van der Waals surface area contributed by atoms with Crippen LogP contribution in [0.1, 0.15) is 43.0 Å². The number of piperidine rings is 1. The van der Waals surface area contributed by atoms with E-state index in [1.807, 2.05) is 24.1 Å². The molecule has 1 saturated heterocycles. The van der Waals surface area contributed by atoms with E-state index < -0.39 is 0 Å². The van der Waals surface area contributed by atoms with Crippen LogP contribution in [0, 0.1) is 5.92 Å². The first kappa shape index (κ1) is 21.7. The maximum atomic E-state index is 13.5. The molecule has 34 heavy (non-hydrogen) atoms. The Bertz CT molecular complexity index is 1400. The lowest BCUT2D eigenvalue weighted by molar-refractivity contribution is 0.0612. The lowest BCUT2D eigenvalue weighted by atomic mass is 9.99. The molecule has 0 spiro atoms. The molecule has 2 N–H and O–H groups in total. The summed E-state index contributed by atoms with van der Waals surface area (Å²) in [5.41, 5.74) is 9.58. The molecular weight excluding hydrogens is 446 g/mol. The number of carbonyl (C=O) groups excluding carboxylic acids is 1. The molecular formula is C26H31N5O2S. The van der Waals surface area contributed by atoms with Gasteiger partial charge in [-0.2, -0.15) is 0 Å². The molecule has 0 unspecified atom stereocenters. The van der Waals surface area contributed by atoms with Crippen molar-refractivity contribution >= 4 is 38.5 Å². The Hall–Kier alpha value is -2.84.